The fourth-order valence-corrected chi connectivity index (χ4v) is 2.01. The maximum atomic E-state index is 5.70. The van der Waals surface area contributed by atoms with Crippen LogP contribution in [0.2, 0.25) is 0 Å². The van der Waals surface area contributed by atoms with E-state index in [2.05, 4.69) is 11.1 Å². The van der Waals surface area contributed by atoms with Crippen molar-refractivity contribution in [2.75, 3.05) is 7.11 Å². The molecule has 1 saturated carbocycles. The first-order chi connectivity index (χ1) is 6.35. The van der Waals surface area contributed by atoms with E-state index in [1.807, 2.05) is 6.20 Å². The summed E-state index contributed by atoms with van der Waals surface area (Å²) in [5.74, 6) is 1.32. The fraction of sp³-hybridized carbons (Fsp3) is 0.444. The minimum absolute atomic E-state index is 0.615. The van der Waals surface area contributed by atoms with Gasteiger partial charge in [0.15, 0.2) is 0 Å². The summed E-state index contributed by atoms with van der Waals surface area (Å²) in [5.41, 5.74) is 1.28. The van der Waals surface area contributed by atoms with Gasteiger partial charge in [0.25, 0.3) is 0 Å². The van der Waals surface area contributed by atoms with Gasteiger partial charge in [0.05, 0.1) is 12.0 Å². The van der Waals surface area contributed by atoms with E-state index in [4.69, 9.17) is 15.4 Å². The molecule has 1 aromatic heterocycles. The molecule has 13 heavy (non-hydrogen) atoms. The Morgan fingerprint density at radius 1 is 1.62 bits per heavy atom. The average molecular weight is 216 g/mol. The molecular weight excluding hydrogens is 206 g/mol. The molecule has 0 amide bonds. The van der Waals surface area contributed by atoms with Crippen molar-refractivity contribution >= 4 is 21.7 Å². The van der Waals surface area contributed by atoms with Gasteiger partial charge in [-0.05, 0) is 52.0 Å². The van der Waals surface area contributed by atoms with Gasteiger partial charge < -0.3 is 4.74 Å². The lowest BCUT2D eigenvalue weighted by molar-refractivity contribution is 0.387. The van der Waals surface area contributed by atoms with Gasteiger partial charge in [-0.1, -0.05) is 0 Å². The van der Waals surface area contributed by atoms with Crippen LogP contribution in [-0.4, -0.2) is 12.1 Å². The second kappa shape index (κ2) is 3.76. The predicted molar refractivity (Wildman–Crippen MR) is 54.5 cm³/mol. The minimum atomic E-state index is 0.615. The Bertz CT molecular complexity index is 314. The summed E-state index contributed by atoms with van der Waals surface area (Å²) >= 11 is 0. The van der Waals surface area contributed by atoms with Gasteiger partial charge in [-0.2, -0.15) is 0 Å². The molecule has 1 fully saturated rings. The summed E-state index contributed by atoms with van der Waals surface area (Å²) in [4.78, 5) is 5.11. The molecule has 0 unspecified atom stereocenters. The highest BCUT2D eigenvalue weighted by Gasteiger charge is 2.24. The zero-order chi connectivity index (χ0) is 9.26. The van der Waals surface area contributed by atoms with Crippen molar-refractivity contribution in [2.45, 2.75) is 23.7 Å². The van der Waals surface area contributed by atoms with Crippen molar-refractivity contribution in [3.63, 3.8) is 0 Å². The lowest BCUT2D eigenvalue weighted by atomic mass is 10.2. The Hall–Kier alpha value is -0.410. The molecule has 0 aromatic carbocycles. The highest BCUT2D eigenvalue weighted by atomic mass is 35.7. The van der Waals surface area contributed by atoms with Crippen molar-refractivity contribution in [3.05, 3.63) is 17.8 Å². The molecule has 0 saturated heterocycles. The number of halogens is 1. The van der Waals surface area contributed by atoms with Gasteiger partial charge in [-0.25, -0.2) is 4.98 Å². The second-order valence-corrected chi connectivity index (χ2v) is 4.18. The molecule has 2 nitrogen and oxygen atoms in total. The lowest BCUT2D eigenvalue weighted by Crippen LogP contribution is -1.91. The van der Waals surface area contributed by atoms with Crippen LogP contribution in [0.25, 0.3) is 0 Å². The number of rotatable bonds is 3. The molecule has 70 valence electrons. The Morgan fingerprint density at radius 2 is 2.38 bits per heavy atom. The lowest BCUT2D eigenvalue weighted by Gasteiger charge is -2.05. The predicted octanol–water partition coefficient (Wildman–Crippen LogP) is 3.21. The summed E-state index contributed by atoms with van der Waals surface area (Å²) in [6.45, 7) is 0. The van der Waals surface area contributed by atoms with Gasteiger partial charge in [0.1, 0.15) is 0 Å². The topological polar surface area (TPSA) is 22.1 Å². The van der Waals surface area contributed by atoms with Crippen molar-refractivity contribution in [1.82, 2.24) is 4.98 Å². The number of pyridine rings is 1. The number of methoxy groups -OCH3 is 1. The quantitative estimate of drug-likeness (QED) is 0.773. The molecule has 1 aromatic rings. The molecule has 0 spiro atoms. The van der Waals surface area contributed by atoms with Crippen molar-refractivity contribution in [1.29, 1.82) is 0 Å². The molecule has 4 heteroatoms. The SMILES string of the molecule is COc1ncc(C2CC2)cc1SCl. The molecule has 1 aliphatic carbocycles. The third-order valence-corrected chi connectivity index (χ3v) is 3.12. The van der Waals surface area contributed by atoms with Crippen LogP contribution in [0.15, 0.2) is 17.2 Å². The number of ether oxygens (including phenoxy) is 1. The molecule has 1 heterocycles. The van der Waals surface area contributed by atoms with E-state index in [0.717, 1.165) is 15.9 Å². The highest BCUT2D eigenvalue weighted by Crippen LogP contribution is 2.42. The summed E-state index contributed by atoms with van der Waals surface area (Å²) < 4.78 is 5.07. The molecule has 0 bridgehead atoms. The number of nitrogens with zero attached hydrogens (tertiary/aromatic N) is 1. The highest BCUT2D eigenvalue weighted by molar-refractivity contribution is 8.21. The number of hydrogen-bond donors (Lipinski definition) is 0. The van der Waals surface area contributed by atoms with E-state index in [1.54, 1.807) is 7.11 Å². The van der Waals surface area contributed by atoms with Gasteiger partial charge in [0.2, 0.25) is 5.88 Å². The molecule has 0 atom stereocenters. The zero-order valence-corrected chi connectivity index (χ0v) is 8.86. The van der Waals surface area contributed by atoms with E-state index in [-0.39, 0.29) is 0 Å². The van der Waals surface area contributed by atoms with Crippen molar-refractivity contribution < 1.29 is 4.74 Å². The van der Waals surface area contributed by atoms with Gasteiger partial charge in [-0.3, -0.25) is 0 Å². The van der Waals surface area contributed by atoms with Gasteiger partial charge in [0, 0.05) is 6.20 Å². The smallest absolute Gasteiger partial charge is 0.228 e. The monoisotopic (exact) mass is 215 g/mol. The van der Waals surface area contributed by atoms with E-state index >= 15 is 0 Å². The van der Waals surface area contributed by atoms with Crippen LogP contribution in [0.3, 0.4) is 0 Å². The zero-order valence-electron chi connectivity index (χ0n) is 7.29. The second-order valence-electron chi connectivity index (χ2n) is 3.13. The Labute approximate surface area is 86.1 Å². The number of aromatic nitrogens is 1. The van der Waals surface area contributed by atoms with Crippen LogP contribution in [-0.2, 0) is 0 Å². The van der Waals surface area contributed by atoms with Crippen molar-refractivity contribution in [2.24, 2.45) is 0 Å². The maximum Gasteiger partial charge on any atom is 0.228 e. The molecule has 0 aliphatic heterocycles. The van der Waals surface area contributed by atoms with Crippen molar-refractivity contribution in [3.8, 4) is 5.88 Å². The molecular formula is C9H10ClNOS. The van der Waals surface area contributed by atoms with Crippen LogP contribution < -0.4 is 4.74 Å². The largest absolute Gasteiger partial charge is 0.480 e. The van der Waals surface area contributed by atoms with E-state index in [0.29, 0.717) is 11.8 Å². The standard InChI is InChI=1S/C9H10ClNOS/c1-12-9-8(13-10)4-7(5-11-9)6-2-3-6/h4-6H,2-3H2,1H3. The van der Waals surface area contributed by atoms with Gasteiger partial charge >= 0.3 is 0 Å². The third kappa shape index (κ3) is 1.92. The molecule has 1 aliphatic rings. The fourth-order valence-electron chi connectivity index (χ4n) is 1.30. The van der Waals surface area contributed by atoms with E-state index in [1.165, 1.54) is 18.4 Å². The van der Waals surface area contributed by atoms with Crippen LogP contribution in [0.5, 0.6) is 5.88 Å². The summed E-state index contributed by atoms with van der Waals surface area (Å²) in [6.07, 6.45) is 4.44. The van der Waals surface area contributed by atoms with Gasteiger partial charge in [-0.15, -0.1) is 0 Å². The molecule has 2 rings (SSSR count). The maximum absolute atomic E-state index is 5.70. The molecule has 0 radical (unpaired) electrons. The Balaban J connectivity index is 2.31. The first kappa shape index (κ1) is 9.16. The summed E-state index contributed by atoms with van der Waals surface area (Å²) in [7, 11) is 8.48. The van der Waals surface area contributed by atoms with Crippen LogP contribution in [0, 0.1) is 0 Å². The summed E-state index contributed by atoms with van der Waals surface area (Å²) in [6, 6.07) is 2.07. The first-order valence-electron chi connectivity index (χ1n) is 4.17. The van der Waals surface area contributed by atoms with Crippen LogP contribution >= 0.6 is 21.7 Å². The average Bonchev–Trinajstić information content (AvgIpc) is 3.00. The van der Waals surface area contributed by atoms with Crippen LogP contribution in [0.4, 0.5) is 0 Å². The van der Waals surface area contributed by atoms with E-state index < -0.39 is 0 Å². The van der Waals surface area contributed by atoms with Crippen LogP contribution in [0.1, 0.15) is 24.3 Å². The van der Waals surface area contributed by atoms with E-state index in [9.17, 15) is 0 Å². The Morgan fingerprint density at radius 3 is 2.92 bits per heavy atom. The Kier molecular flexibility index (Phi) is 2.65. The normalized spacial score (nSPS) is 15.8. The minimum Gasteiger partial charge on any atom is -0.480 e. The molecule has 0 N–H and O–H groups in total. The summed E-state index contributed by atoms with van der Waals surface area (Å²) in [5, 5.41) is 0. The number of hydrogen-bond acceptors (Lipinski definition) is 3. The first-order valence-corrected chi connectivity index (χ1v) is 5.82. The third-order valence-electron chi connectivity index (χ3n) is 2.16.